The fourth-order valence-electron chi connectivity index (χ4n) is 2.71. The van der Waals surface area contributed by atoms with Gasteiger partial charge in [-0.2, -0.15) is 8.78 Å². The molecule has 0 saturated heterocycles. The molecule has 118 valence electrons. The van der Waals surface area contributed by atoms with Gasteiger partial charge in [-0.1, -0.05) is 16.3 Å². The highest BCUT2D eigenvalue weighted by molar-refractivity contribution is 5.89. The van der Waals surface area contributed by atoms with Gasteiger partial charge in [0.25, 0.3) is 17.6 Å². The van der Waals surface area contributed by atoms with E-state index in [4.69, 9.17) is 4.11 Å². The molecule has 0 spiro atoms. The molecule has 1 aromatic carbocycles. The minimum atomic E-state index is -2.65. The second kappa shape index (κ2) is 5.30. The van der Waals surface area contributed by atoms with Crippen molar-refractivity contribution in [2.75, 3.05) is 0 Å². The third kappa shape index (κ3) is 2.44. The zero-order chi connectivity index (χ0) is 19.4. The summed E-state index contributed by atoms with van der Waals surface area (Å²) in [6.07, 6.45) is 0. The van der Waals surface area contributed by atoms with Crippen LogP contribution in [0.1, 0.15) is 26.5 Å². The van der Waals surface area contributed by atoms with Crippen LogP contribution in [-0.2, 0) is 7.05 Å². The molecular weight excluding hydrogens is 298 g/mol. The smallest absolute Gasteiger partial charge is 0.212 e. The predicted octanol–water partition coefficient (Wildman–Crippen LogP) is 3.03. The van der Waals surface area contributed by atoms with E-state index in [-0.39, 0.29) is 11.0 Å². The second-order valence-corrected chi connectivity index (χ2v) is 5.58. The number of hydrogen-bond acceptors (Lipinski definition) is 3. The molecular formula is C17H17F2N4+. The van der Waals surface area contributed by atoms with Crippen LogP contribution < -0.4 is 4.68 Å². The standard InChI is InChI=1S/C17H17F2N4/c1-8-6-9(2)10(3)12(7-8)15-14-13(11(4)22-23(15)5)20-16(18)17(19)21-14/h6-7H,1-5H3/q+1/i4D3. The van der Waals surface area contributed by atoms with Gasteiger partial charge >= 0.3 is 0 Å². The lowest BCUT2D eigenvalue weighted by molar-refractivity contribution is -0.719. The third-order valence-corrected chi connectivity index (χ3v) is 3.90. The zero-order valence-corrected chi connectivity index (χ0v) is 13.2. The zero-order valence-electron chi connectivity index (χ0n) is 16.2. The fourth-order valence-corrected chi connectivity index (χ4v) is 2.71. The van der Waals surface area contributed by atoms with Crippen LogP contribution in [-0.4, -0.2) is 15.1 Å². The van der Waals surface area contributed by atoms with E-state index in [1.54, 1.807) is 7.05 Å². The van der Waals surface area contributed by atoms with Crippen molar-refractivity contribution in [2.45, 2.75) is 27.6 Å². The minimum absolute atomic E-state index is 0.0411. The Kier molecular flexibility index (Phi) is 2.76. The molecule has 3 rings (SSSR count). The molecule has 0 bridgehead atoms. The van der Waals surface area contributed by atoms with Crippen molar-refractivity contribution in [3.05, 3.63) is 46.4 Å². The summed E-state index contributed by atoms with van der Waals surface area (Å²) in [6, 6.07) is 3.87. The topological polar surface area (TPSA) is 42.5 Å². The molecule has 6 heteroatoms. The molecule has 0 aliphatic rings. The highest BCUT2D eigenvalue weighted by atomic mass is 19.2. The molecule has 0 atom stereocenters. The summed E-state index contributed by atoms with van der Waals surface area (Å²) in [5.74, 6) is -2.84. The fraction of sp³-hybridized carbons (Fsp3) is 0.294. The number of hydrogen-bond donors (Lipinski definition) is 0. The van der Waals surface area contributed by atoms with Crippen LogP contribution in [0.3, 0.4) is 0 Å². The Morgan fingerprint density at radius 3 is 2.35 bits per heavy atom. The largest absolute Gasteiger partial charge is 0.269 e. The summed E-state index contributed by atoms with van der Waals surface area (Å²) in [4.78, 5) is 7.18. The van der Waals surface area contributed by atoms with Crippen molar-refractivity contribution in [2.24, 2.45) is 7.05 Å². The lowest BCUT2D eigenvalue weighted by Crippen LogP contribution is -2.37. The van der Waals surface area contributed by atoms with Crippen LogP contribution >= 0.6 is 0 Å². The van der Waals surface area contributed by atoms with Gasteiger partial charge in [-0.15, -0.1) is 0 Å². The first-order valence-corrected chi connectivity index (χ1v) is 7.02. The van der Waals surface area contributed by atoms with Crippen molar-refractivity contribution in [1.29, 1.82) is 0 Å². The van der Waals surface area contributed by atoms with E-state index in [1.807, 2.05) is 32.9 Å². The normalized spacial score (nSPS) is 13.7. The quantitative estimate of drug-likeness (QED) is 0.648. The van der Waals surface area contributed by atoms with Crippen LogP contribution in [0, 0.1) is 39.5 Å². The summed E-state index contributed by atoms with van der Waals surface area (Å²) in [6.45, 7) is 3.09. The summed E-state index contributed by atoms with van der Waals surface area (Å²) < 4.78 is 51.8. The molecule has 2 heterocycles. The van der Waals surface area contributed by atoms with Crippen LogP contribution in [0.5, 0.6) is 0 Å². The van der Waals surface area contributed by atoms with Gasteiger partial charge in [0.05, 0.1) is 5.56 Å². The molecule has 0 aliphatic carbocycles. The van der Waals surface area contributed by atoms with Crippen molar-refractivity contribution in [3.63, 3.8) is 0 Å². The van der Waals surface area contributed by atoms with Crippen LogP contribution in [0.4, 0.5) is 8.78 Å². The Balaban J connectivity index is 2.53. The Hall–Kier alpha value is -2.50. The SMILES string of the molecule is [2H]C([2H])([2H])c1n[n+](C)c(-c2cc(C)cc(C)c2C)c2nc(F)c(F)nc12. The summed E-state index contributed by atoms with van der Waals surface area (Å²) in [5, 5.41) is 4.08. The Bertz CT molecular complexity index is 1050. The molecule has 3 aromatic rings. The number of fused-ring (bicyclic) bond motifs is 1. The molecule has 0 N–H and O–H groups in total. The van der Waals surface area contributed by atoms with E-state index in [0.717, 1.165) is 16.7 Å². The van der Waals surface area contributed by atoms with Gasteiger partial charge in [0.2, 0.25) is 0 Å². The van der Waals surface area contributed by atoms with Gasteiger partial charge in [0.15, 0.2) is 12.6 Å². The first-order chi connectivity index (χ1) is 12.0. The van der Waals surface area contributed by atoms with Gasteiger partial charge in [-0.25, -0.2) is 9.97 Å². The first kappa shape index (κ1) is 12.0. The summed E-state index contributed by atoms with van der Waals surface area (Å²) >= 11 is 0. The van der Waals surface area contributed by atoms with Crippen molar-refractivity contribution < 1.29 is 17.6 Å². The maximum Gasteiger partial charge on any atom is 0.269 e. The Morgan fingerprint density at radius 1 is 1.04 bits per heavy atom. The summed E-state index contributed by atoms with van der Waals surface area (Å²) in [5.41, 5.74) is 3.23. The number of aromatic nitrogens is 4. The summed E-state index contributed by atoms with van der Waals surface area (Å²) in [7, 11) is 1.55. The third-order valence-electron chi connectivity index (χ3n) is 3.90. The van der Waals surface area contributed by atoms with Crippen LogP contribution in [0.15, 0.2) is 12.1 Å². The highest BCUT2D eigenvalue weighted by Crippen LogP contribution is 2.29. The number of nitrogens with zero attached hydrogens (tertiary/aromatic N) is 4. The second-order valence-electron chi connectivity index (χ2n) is 5.58. The lowest BCUT2D eigenvalue weighted by atomic mass is 9.97. The van der Waals surface area contributed by atoms with E-state index in [9.17, 15) is 8.78 Å². The van der Waals surface area contributed by atoms with E-state index >= 15 is 0 Å². The number of halogens is 2. The van der Waals surface area contributed by atoms with E-state index in [1.165, 1.54) is 4.68 Å². The first-order valence-electron chi connectivity index (χ1n) is 8.52. The number of rotatable bonds is 1. The van der Waals surface area contributed by atoms with Gasteiger partial charge in [0, 0.05) is 4.11 Å². The highest BCUT2D eigenvalue weighted by Gasteiger charge is 2.25. The maximum absolute atomic E-state index is 13.8. The number of benzene rings is 1. The van der Waals surface area contributed by atoms with Gasteiger partial charge < -0.3 is 0 Å². The average Bonchev–Trinajstić information content (AvgIpc) is 2.51. The Labute approximate surface area is 137 Å². The average molecular weight is 318 g/mol. The lowest BCUT2D eigenvalue weighted by Gasteiger charge is -2.10. The van der Waals surface area contributed by atoms with Gasteiger partial charge in [0.1, 0.15) is 11.2 Å². The minimum Gasteiger partial charge on any atom is -0.212 e. The molecule has 0 radical (unpaired) electrons. The van der Waals surface area contributed by atoms with E-state index < -0.39 is 24.4 Å². The molecule has 0 aliphatic heterocycles. The van der Waals surface area contributed by atoms with Crippen molar-refractivity contribution >= 4 is 11.0 Å². The van der Waals surface area contributed by atoms with Crippen molar-refractivity contribution in [1.82, 2.24) is 15.1 Å². The molecule has 23 heavy (non-hydrogen) atoms. The van der Waals surface area contributed by atoms with Gasteiger partial charge in [-0.05, 0) is 49.9 Å². The van der Waals surface area contributed by atoms with Crippen LogP contribution in [0.25, 0.3) is 22.3 Å². The molecule has 0 fully saturated rings. The van der Waals surface area contributed by atoms with Gasteiger partial charge in [-0.3, -0.25) is 0 Å². The predicted molar refractivity (Wildman–Crippen MR) is 82.8 cm³/mol. The Morgan fingerprint density at radius 2 is 1.70 bits per heavy atom. The van der Waals surface area contributed by atoms with Crippen molar-refractivity contribution in [3.8, 4) is 11.3 Å². The molecule has 0 saturated carbocycles. The maximum atomic E-state index is 13.8. The molecule has 2 aromatic heterocycles. The van der Waals surface area contributed by atoms with E-state index in [0.29, 0.717) is 11.3 Å². The molecule has 0 unspecified atom stereocenters. The monoisotopic (exact) mass is 318 g/mol. The van der Waals surface area contributed by atoms with E-state index in [2.05, 4.69) is 15.1 Å². The number of aryl methyl sites for hydroxylation is 4. The molecule has 4 nitrogen and oxygen atoms in total. The van der Waals surface area contributed by atoms with Crippen LogP contribution in [0.2, 0.25) is 0 Å². The molecule has 0 amide bonds.